The molecule has 0 atom stereocenters. The van der Waals surface area contributed by atoms with Crippen LogP contribution in [0.3, 0.4) is 0 Å². The molecule has 0 amide bonds. The summed E-state index contributed by atoms with van der Waals surface area (Å²) in [5.74, 6) is 0.399. The Hall–Kier alpha value is -1.62. The van der Waals surface area contributed by atoms with Gasteiger partial charge in [-0.15, -0.1) is 0 Å². The number of nitrogen functional groups attached to an aromatic ring is 1. The standard InChI is InChI=1S/C12H10BrFN2O/c1-7-11(15)4-5-12(16-7)17-8-2-3-9(13)10(14)6-8/h2-6H,15H2,1H3. The Bertz CT molecular complexity index is 511. The summed E-state index contributed by atoms with van der Waals surface area (Å²) in [5.41, 5.74) is 6.92. The second kappa shape index (κ2) is 4.71. The molecule has 0 aliphatic heterocycles. The quantitative estimate of drug-likeness (QED) is 0.920. The van der Waals surface area contributed by atoms with Crippen molar-refractivity contribution in [3.05, 3.63) is 46.3 Å². The lowest BCUT2D eigenvalue weighted by molar-refractivity contribution is 0.456. The van der Waals surface area contributed by atoms with Crippen molar-refractivity contribution < 1.29 is 9.13 Å². The molecule has 0 fully saturated rings. The number of nitrogens with zero attached hydrogens (tertiary/aromatic N) is 1. The van der Waals surface area contributed by atoms with E-state index in [1.54, 1.807) is 31.2 Å². The average Bonchev–Trinajstić information content (AvgIpc) is 2.29. The topological polar surface area (TPSA) is 48.1 Å². The van der Waals surface area contributed by atoms with Gasteiger partial charge in [0.2, 0.25) is 5.88 Å². The van der Waals surface area contributed by atoms with Crippen molar-refractivity contribution in [3.8, 4) is 11.6 Å². The van der Waals surface area contributed by atoms with Crippen molar-refractivity contribution in [2.45, 2.75) is 6.92 Å². The predicted molar refractivity (Wildman–Crippen MR) is 67.6 cm³/mol. The number of pyridine rings is 1. The highest BCUT2D eigenvalue weighted by molar-refractivity contribution is 9.10. The van der Waals surface area contributed by atoms with E-state index >= 15 is 0 Å². The minimum atomic E-state index is -0.380. The van der Waals surface area contributed by atoms with Crippen molar-refractivity contribution in [3.63, 3.8) is 0 Å². The predicted octanol–water partition coefficient (Wildman–Crippen LogP) is 3.67. The summed E-state index contributed by atoms with van der Waals surface area (Å²) in [6.45, 7) is 1.78. The molecule has 0 saturated heterocycles. The van der Waals surface area contributed by atoms with Gasteiger partial charge >= 0.3 is 0 Å². The maximum atomic E-state index is 13.3. The summed E-state index contributed by atoms with van der Waals surface area (Å²) < 4.78 is 19.1. The molecule has 0 saturated carbocycles. The van der Waals surface area contributed by atoms with Gasteiger partial charge in [0.25, 0.3) is 0 Å². The highest BCUT2D eigenvalue weighted by Crippen LogP contribution is 2.25. The largest absolute Gasteiger partial charge is 0.439 e. The molecule has 1 heterocycles. The Balaban J connectivity index is 2.25. The van der Waals surface area contributed by atoms with Crippen LogP contribution in [0.4, 0.5) is 10.1 Å². The maximum absolute atomic E-state index is 13.3. The number of anilines is 1. The second-order valence-corrected chi connectivity index (χ2v) is 4.36. The number of hydrogen-bond acceptors (Lipinski definition) is 3. The van der Waals surface area contributed by atoms with Crippen LogP contribution in [0.5, 0.6) is 11.6 Å². The number of ether oxygens (including phenoxy) is 1. The van der Waals surface area contributed by atoms with E-state index < -0.39 is 0 Å². The van der Waals surface area contributed by atoms with Gasteiger partial charge in [-0.25, -0.2) is 9.37 Å². The molecule has 2 N–H and O–H groups in total. The third kappa shape index (κ3) is 2.74. The van der Waals surface area contributed by atoms with E-state index in [1.807, 2.05) is 0 Å². The highest BCUT2D eigenvalue weighted by atomic mass is 79.9. The van der Waals surface area contributed by atoms with Gasteiger partial charge in [0.05, 0.1) is 15.9 Å². The molecule has 0 aliphatic rings. The average molecular weight is 297 g/mol. The monoisotopic (exact) mass is 296 g/mol. The van der Waals surface area contributed by atoms with Crippen LogP contribution >= 0.6 is 15.9 Å². The molecule has 0 spiro atoms. The molecule has 17 heavy (non-hydrogen) atoms. The van der Waals surface area contributed by atoms with Crippen molar-refractivity contribution in [2.75, 3.05) is 5.73 Å². The molecular formula is C12H10BrFN2O. The fourth-order valence-corrected chi connectivity index (χ4v) is 1.51. The van der Waals surface area contributed by atoms with Gasteiger partial charge < -0.3 is 10.5 Å². The molecule has 0 unspecified atom stereocenters. The van der Waals surface area contributed by atoms with Gasteiger partial charge in [0.1, 0.15) is 11.6 Å². The van der Waals surface area contributed by atoms with Gasteiger partial charge in [0, 0.05) is 12.1 Å². The molecule has 2 rings (SSSR count). The molecule has 0 bridgehead atoms. The third-order valence-electron chi connectivity index (χ3n) is 2.21. The van der Waals surface area contributed by atoms with Gasteiger partial charge in [-0.05, 0) is 41.1 Å². The Kier molecular flexibility index (Phi) is 3.28. The van der Waals surface area contributed by atoms with Crippen LogP contribution in [0.2, 0.25) is 0 Å². The van der Waals surface area contributed by atoms with Crippen molar-refractivity contribution in [1.29, 1.82) is 0 Å². The number of aromatic nitrogens is 1. The van der Waals surface area contributed by atoms with Crippen LogP contribution in [0.25, 0.3) is 0 Å². The molecule has 5 heteroatoms. The zero-order valence-corrected chi connectivity index (χ0v) is 10.7. The lowest BCUT2D eigenvalue weighted by atomic mass is 10.3. The van der Waals surface area contributed by atoms with Gasteiger partial charge in [-0.3, -0.25) is 0 Å². The SMILES string of the molecule is Cc1nc(Oc2ccc(Br)c(F)c2)ccc1N. The van der Waals surface area contributed by atoms with Gasteiger partial charge in [-0.1, -0.05) is 0 Å². The van der Waals surface area contributed by atoms with E-state index in [1.165, 1.54) is 6.07 Å². The van der Waals surface area contributed by atoms with E-state index in [4.69, 9.17) is 10.5 Å². The Morgan fingerprint density at radius 2 is 2.06 bits per heavy atom. The molecule has 2 aromatic rings. The molecule has 0 aliphatic carbocycles. The molecular weight excluding hydrogens is 287 g/mol. The summed E-state index contributed by atoms with van der Waals surface area (Å²) in [6, 6.07) is 7.86. The van der Waals surface area contributed by atoms with E-state index in [0.717, 1.165) is 0 Å². The fourth-order valence-electron chi connectivity index (χ4n) is 1.27. The Morgan fingerprint density at radius 1 is 1.29 bits per heavy atom. The summed E-state index contributed by atoms with van der Waals surface area (Å²) in [7, 11) is 0. The number of rotatable bonds is 2. The minimum Gasteiger partial charge on any atom is -0.439 e. The molecule has 0 radical (unpaired) electrons. The number of halogens is 2. The number of aryl methyl sites for hydroxylation is 1. The molecule has 88 valence electrons. The fraction of sp³-hybridized carbons (Fsp3) is 0.0833. The maximum Gasteiger partial charge on any atom is 0.219 e. The molecule has 3 nitrogen and oxygen atoms in total. The van der Waals surface area contributed by atoms with Crippen LogP contribution in [-0.2, 0) is 0 Å². The van der Waals surface area contributed by atoms with Crippen LogP contribution in [0.15, 0.2) is 34.8 Å². The first-order chi connectivity index (χ1) is 8.06. The van der Waals surface area contributed by atoms with Crippen molar-refractivity contribution in [2.24, 2.45) is 0 Å². The van der Waals surface area contributed by atoms with Gasteiger partial charge in [0.15, 0.2) is 0 Å². The summed E-state index contributed by atoms with van der Waals surface area (Å²) in [6.07, 6.45) is 0. The summed E-state index contributed by atoms with van der Waals surface area (Å²) in [4.78, 5) is 4.14. The first-order valence-electron chi connectivity index (χ1n) is 4.92. The van der Waals surface area contributed by atoms with Crippen LogP contribution in [0.1, 0.15) is 5.69 Å². The van der Waals surface area contributed by atoms with E-state index in [0.29, 0.717) is 27.5 Å². The van der Waals surface area contributed by atoms with Crippen LogP contribution in [0, 0.1) is 12.7 Å². The number of nitrogens with two attached hydrogens (primary N) is 1. The minimum absolute atomic E-state index is 0.380. The van der Waals surface area contributed by atoms with Crippen LogP contribution in [-0.4, -0.2) is 4.98 Å². The van der Waals surface area contributed by atoms with E-state index in [9.17, 15) is 4.39 Å². The zero-order valence-electron chi connectivity index (χ0n) is 9.08. The first-order valence-corrected chi connectivity index (χ1v) is 5.71. The second-order valence-electron chi connectivity index (χ2n) is 3.50. The lowest BCUT2D eigenvalue weighted by Gasteiger charge is -2.07. The van der Waals surface area contributed by atoms with Crippen LogP contribution < -0.4 is 10.5 Å². The summed E-state index contributed by atoms with van der Waals surface area (Å²) >= 11 is 3.07. The molecule has 1 aromatic heterocycles. The number of hydrogen-bond donors (Lipinski definition) is 1. The first kappa shape index (κ1) is 11.9. The van der Waals surface area contributed by atoms with Crippen molar-refractivity contribution in [1.82, 2.24) is 4.98 Å². The third-order valence-corrected chi connectivity index (χ3v) is 2.86. The normalized spacial score (nSPS) is 10.3. The van der Waals surface area contributed by atoms with E-state index in [-0.39, 0.29) is 5.82 Å². The number of benzene rings is 1. The highest BCUT2D eigenvalue weighted by Gasteiger charge is 2.04. The lowest BCUT2D eigenvalue weighted by Crippen LogP contribution is -1.95. The summed E-state index contributed by atoms with van der Waals surface area (Å²) in [5, 5.41) is 0. The Labute approximate surface area is 107 Å². The van der Waals surface area contributed by atoms with E-state index in [2.05, 4.69) is 20.9 Å². The molecule has 1 aromatic carbocycles. The smallest absolute Gasteiger partial charge is 0.219 e. The van der Waals surface area contributed by atoms with Crippen molar-refractivity contribution >= 4 is 21.6 Å². The Morgan fingerprint density at radius 3 is 2.71 bits per heavy atom. The van der Waals surface area contributed by atoms with Gasteiger partial charge in [-0.2, -0.15) is 0 Å². The zero-order chi connectivity index (χ0) is 12.4.